The molecule has 1 aliphatic heterocycles. The predicted octanol–water partition coefficient (Wildman–Crippen LogP) is 3.41. The average molecular weight is 489 g/mol. The Balaban J connectivity index is 1.49. The maximum Gasteiger partial charge on any atom is 0.417 e. The standard InChI is InChI=1S/C24H26F3N5O3/c1-16-20(14-30-32(16)22-8-5-18(13-28-22)24(25,26)27)23(33)29-15-21(31-9-11-35-12-10-31)17-3-6-19(34-2)7-4-17/h3-8,13-14,21H,9-12,15H2,1-2H3,(H,29,33)/t21-/m1/s1. The molecule has 1 N–H and O–H groups in total. The molecule has 0 aliphatic carbocycles. The Morgan fingerprint density at radius 1 is 1.14 bits per heavy atom. The summed E-state index contributed by atoms with van der Waals surface area (Å²) < 4.78 is 50.5. The fourth-order valence-electron chi connectivity index (χ4n) is 4.00. The van der Waals surface area contributed by atoms with Gasteiger partial charge in [0.25, 0.3) is 5.91 Å². The third kappa shape index (κ3) is 5.63. The Morgan fingerprint density at radius 2 is 1.86 bits per heavy atom. The first kappa shape index (κ1) is 24.7. The second kappa shape index (κ2) is 10.4. The lowest BCUT2D eigenvalue weighted by molar-refractivity contribution is -0.137. The number of halogens is 3. The summed E-state index contributed by atoms with van der Waals surface area (Å²) >= 11 is 0. The van der Waals surface area contributed by atoms with Crippen LogP contribution in [0, 0.1) is 6.92 Å². The highest BCUT2D eigenvalue weighted by Gasteiger charge is 2.31. The fourth-order valence-corrected chi connectivity index (χ4v) is 4.00. The number of pyridine rings is 1. The highest BCUT2D eigenvalue weighted by atomic mass is 19.4. The van der Waals surface area contributed by atoms with Crippen molar-refractivity contribution in [2.75, 3.05) is 40.0 Å². The summed E-state index contributed by atoms with van der Waals surface area (Å²) in [6, 6.07) is 9.81. The monoisotopic (exact) mass is 489 g/mol. The van der Waals surface area contributed by atoms with Crippen LogP contribution in [0.15, 0.2) is 48.8 Å². The molecule has 3 heterocycles. The van der Waals surface area contributed by atoms with Crippen LogP contribution in [0.5, 0.6) is 5.75 Å². The summed E-state index contributed by atoms with van der Waals surface area (Å²) in [5.74, 6) is 0.616. The maximum absolute atomic E-state index is 13.0. The molecule has 1 amide bonds. The highest BCUT2D eigenvalue weighted by Crippen LogP contribution is 2.29. The number of morpholine rings is 1. The molecule has 1 fully saturated rings. The van der Waals surface area contributed by atoms with E-state index in [9.17, 15) is 18.0 Å². The summed E-state index contributed by atoms with van der Waals surface area (Å²) in [6.07, 6.45) is -2.34. The Bertz CT molecular complexity index is 1140. The molecule has 8 nitrogen and oxygen atoms in total. The van der Waals surface area contributed by atoms with Crippen LogP contribution in [-0.2, 0) is 10.9 Å². The first-order valence-corrected chi connectivity index (χ1v) is 11.1. The molecule has 1 saturated heterocycles. The lowest BCUT2D eigenvalue weighted by atomic mass is 10.0. The summed E-state index contributed by atoms with van der Waals surface area (Å²) in [5, 5.41) is 7.15. The van der Waals surface area contributed by atoms with E-state index in [1.54, 1.807) is 14.0 Å². The van der Waals surface area contributed by atoms with Gasteiger partial charge in [0.2, 0.25) is 0 Å². The second-order valence-corrected chi connectivity index (χ2v) is 8.11. The quantitative estimate of drug-likeness (QED) is 0.548. The zero-order valence-corrected chi connectivity index (χ0v) is 19.4. The van der Waals surface area contributed by atoms with Crippen molar-refractivity contribution in [3.63, 3.8) is 0 Å². The molecule has 0 unspecified atom stereocenters. The van der Waals surface area contributed by atoms with Gasteiger partial charge in [0.1, 0.15) is 5.75 Å². The molecule has 0 saturated carbocycles. The molecule has 0 radical (unpaired) electrons. The van der Waals surface area contributed by atoms with Crippen molar-refractivity contribution in [2.24, 2.45) is 0 Å². The number of benzene rings is 1. The van der Waals surface area contributed by atoms with Gasteiger partial charge in [-0.3, -0.25) is 9.69 Å². The predicted molar refractivity (Wildman–Crippen MR) is 122 cm³/mol. The minimum absolute atomic E-state index is 0.0688. The molecule has 1 aromatic carbocycles. The van der Waals surface area contributed by atoms with Gasteiger partial charge in [0.05, 0.1) is 49.4 Å². The van der Waals surface area contributed by atoms with Gasteiger partial charge in [-0.1, -0.05) is 12.1 Å². The molecule has 1 aliphatic rings. The molecule has 0 bridgehead atoms. The van der Waals surface area contributed by atoms with Gasteiger partial charge in [-0.25, -0.2) is 9.67 Å². The van der Waals surface area contributed by atoms with Crippen molar-refractivity contribution in [3.05, 3.63) is 71.2 Å². The van der Waals surface area contributed by atoms with Gasteiger partial charge in [-0.2, -0.15) is 18.3 Å². The fraction of sp³-hybridized carbons (Fsp3) is 0.375. The van der Waals surface area contributed by atoms with Gasteiger partial charge in [-0.15, -0.1) is 0 Å². The van der Waals surface area contributed by atoms with E-state index in [4.69, 9.17) is 9.47 Å². The lowest BCUT2D eigenvalue weighted by Crippen LogP contribution is -2.43. The van der Waals surface area contributed by atoms with Crippen LogP contribution in [-0.4, -0.2) is 65.5 Å². The van der Waals surface area contributed by atoms with Crippen molar-refractivity contribution in [3.8, 4) is 11.6 Å². The van der Waals surface area contributed by atoms with Crippen molar-refractivity contribution in [1.82, 2.24) is 25.0 Å². The first-order valence-electron chi connectivity index (χ1n) is 11.1. The number of ether oxygens (including phenoxy) is 2. The minimum Gasteiger partial charge on any atom is -0.497 e. The van der Waals surface area contributed by atoms with Gasteiger partial charge < -0.3 is 14.8 Å². The van der Waals surface area contributed by atoms with E-state index in [0.29, 0.717) is 31.0 Å². The van der Waals surface area contributed by atoms with E-state index >= 15 is 0 Å². The lowest BCUT2D eigenvalue weighted by Gasteiger charge is -2.35. The van der Waals surface area contributed by atoms with E-state index in [2.05, 4.69) is 20.3 Å². The van der Waals surface area contributed by atoms with Crippen LogP contribution >= 0.6 is 0 Å². The summed E-state index contributed by atoms with van der Waals surface area (Å²) in [4.78, 5) is 19.1. The van der Waals surface area contributed by atoms with Crippen molar-refractivity contribution in [2.45, 2.75) is 19.1 Å². The average Bonchev–Trinajstić information content (AvgIpc) is 3.26. The number of nitrogens with zero attached hydrogens (tertiary/aromatic N) is 4. The molecule has 11 heteroatoms. The summed E-state index contributed by atoms with van der Waals surface area (Å²) in [7, 11) is 1.61. The zero-order valence-electron chi connectivity index (χ0n) is 19.4. The second-order valence-electron chi connectivity index (χ2n) is 8.11. The third-order valence-corrected chi connectivity index (χ3v) is 5.99. The summed E-state index contributed by atoms with van der Waals surface area (Å²) in [5.41, 5.74) is 0.982. The van der Waals surface area contributed by atoms with Gasteiger partial charge >= 0.3 is 6.18 Å². The van der Waals surface area contributed by atoms with Crippen LogP contribution in [0.1, 0.15) is 33.2 Å². The van der Waals surface area contributed by atoms with E-state index in [-0.39, 0.29) is 17.8 Å². The number of methoxy groups -OCH3 is 1. The number of hydrogen-bond donors (Lipinski definition) is 1. The molecular weight excluding hydrogens is 463 g/mol. The number of hydrogen-bond acceptors (Lipinski definition) is 6. The van der Waals surface area contributed by atoms with Crippen LogP contribution in [0.4, 0.5) is 13.2 Å². The molecule has 1 atom stereocenters. The first-order chi connectivity index (χ1) is 16.8. The minimum atomic E-state index is -4.48. The summed E-state index contributed by atoms with van der Waals surface area (Å²) in [6.45, 7) is 4.74. The number of amides is 1. The molecule has 4 rings (SSSR count). The maximum atomic E-state index is 13.0. The van der Waals surface area contributed by atoms with Crippen LogP contribution in [0.3, 0.4) is 0 Å². The number of carbonyl (C=O) groups is 1. The normalized spacial score (nSPS) is 15.6. The molecule has 35 heavy (non-hydrogen) atoms. The molecule has 0 spiro atoms. The smallest absolute Gasteiger partial charge is 0.417 e. The largest absolute Gasteiger partial charge is 0.497 e. The van der Waals surface area contributed by atoms with E-state index in [0.717, 1.165) is 36.7 Å². The Morgan fingerprint density at radius 3 is 2.46 bits per heavy atom. The molecule has 2 aromatic heterocycles. The van der Waals surface area contributed by atoms with Crippen molar-refractivity contribution < 1.29 is 27.4 Å². The van der Waals surface area contributed by atoms with Gasteiger partial charge in [0.15, 0.2) is 5.82 Å². The van der Waals surface area contributed by atoms with Gasteiger partial charge in [-0.05, 0) is 36.8 Å². The number of aromatic nitrogens is 3. The molecular formula is C24H26F3N5O3. The van der Waals surface area contributed by atoms with Crippen LogP contribution in [0.25, 0.3) is 5.82 Å². The Labute approximate surface area is 200 Å². The van der Waals surface area contributed by atoms with E-state index < -0.39 is 11.7 Å². The van der Waals surface area contributed by atoms with Crippen molar-refractivity contribution >= 4 is 5.91 Å². The van der Waals surface area contributed by atoms with Crippen LogP contribution in [0.2, 0.25) is 0 Å². The Hall–Kier alpha value is -3.44. The Kier molecular flexibility index (Phi) is 7.37. The van der Waals surface area contributed by atoms with E-state index in [1.165, 1.54) is 16.9 Å². The molecule has 186 valence electrons. The number of alkyl halides is 3. The van der Waals surface area contributed by atoms with Crippen molar-refractivity contribution in [1.29, 1.82) is 0 Å². The zero-order chi connectivity index (χ0) is 25.0. The van der Waals surface area contributed by atoms with Gasteiger partial charge in [0, 0.05) is 25.8 Å². The number of rotatable bonds is 7. The topological polar surface area (TPSA) is 81.5 Å². The third-order valence-electron chi connectivity index (χ3n) is 5.99. The molecule has 3 aromatic rings. The number of nitrogens with one attached hydrogen (secondary N) is 1. The van der Waals surface area contributed by atoms with E-state index in [1.807, 2.05) is 24.3 Å². The SMILES string of the molecule is COc1ccc([C@@H](CNC(=O)c2cnn(-c3ccc(C(F)(F)F)cn3)c2C)N2CCOCC2)cc1. The highest BCUT2D eigenvalue weighted by molar-refractivity contribution is 5.95. The number of carbonyl (C=O) groups excluding carboxylic acids is 1. The van der Waals surface area contributed by atoms with Crippen LogP contribution < -0.4 is 10.1 Å².